The highest BCUT2D eigenvalue weighted by Gasteiger charge is 2.28. The molecule has 0 saturated carbocycles. The van der Waals surface area contributed by atoms with E-state index in [2.05, 4.69) is 0 Å². The molecule has 2 rings (SSSR count). The summed E-state index contributed by atoms with van der Waals surface area (Å²) in [5, 5.41) is 0. The van der Waals surface area contributed by atoms with Crippen molar-refractivity contribution < 1.29 is 26.5 Å². The van der Waals surface area contributed by atoms with Crippen molar-refractivity contribution in [1.29, 1.82) is 0 Å². The van der Waals surface area contributed by atoms with Crippen LogP contribution >= 0.6 is 0 Å². The molecule has 0 fully saturated rings. The van der Waals surface area contributed by atoms with E-state index in [1.807, 2.05) is 0 Å². The Morgan fingerprint density at radius 3 is 2.19 bits per heavy atom. The topological polar surface area (TPSA) is 65.1 Å². The van der Waals surface area contributed by atoms with Crippen LogP contribution < -0.4 is 14.2 Å². The van der Waals surface area contributed by atoms with Gasteiger partial charge in [0, 0.05) is 18.7 Å². The first-order valence-corrected chi connectivity index (χ1v) is 7.76. The van der Waals surface area contributed by atoms with Gasteiger partial charge in [-0.2, -0.15) is 12.7 Å². The molecule has 1 aromatic rings. The van der Waals surface area contributed by atoms with Gasteiger partial charge in [0.2, 0.25) is 5.75 Å². The SMILES string of the molecule is COc1cc2c(c(OC)c1OC)CCN(S(=O)(=O)F)CC2. The lowest BCUT2D eigenvalue weighted by Crippen LogP contribution is -2.30. The number of fused-ring (bicyclic) bond motifs is 1. The van der Waals surface area contributed by atoms with E-state index in [0.717, 1.165) is 15.4 Å². The molecule has 0 amide bonds. The number of rotatable bonds is 4. The molecule has 1 aromatic carbocycles. The smallest absolute Gasteiger partial charge is 0.374 e. The lowest BCUT2D eigenvalue weighted by molar-refractivity contribution is 0.321. The van der Waals surface area contributed by atoms with Crippen molar-refractivity contribution in [3.05, 3.63) is 17.2 Å². The average molecular weight is 319 g/mol. The van der Waals surface area contributed by atoms with Crippen molar-refractivity contribution in [3.63, 3.8) is 0 Å². The molecular weight excluding hydrogens is 301 g/mol. The number of hydrogen-bond acceptors (Lipinski definition) is 5. The lowest BCUT2D eigenvalue weighted by Gasteiger charge is -2.18. The van der Waals surface area contributed by atoms with E-state index in [9.17, 15) is 12.3 Å². The van der Waals surface area contributed by atoms with Crippen LogP contribution in [0.1, 0.15) is 11.1 Å². The van der Waals surface area contributed by atoms with Crippen molar-refractivity contribution in [2.45, 2.75) is 12.8 Å². The Balaban J connectivity index is 2.48. The van der Waals surface area contributed by atoms with E-state index in [4.69, 9.17) is 14.2 Å². The monoisotopic (exact) mass is 319 g/mol. The van der Waals surface area contributed by atoms with E-state index in [1.165, 1.54) is 21.3 Å². The maximum Gasteiger partial charge on any atom is 0.374 e. The normalized spacial score (nSPS) is 16.0. The Labute approximate surface area is 123 Å². The molecule has 0 atom stereocenters. The molecule has 6 nitrogen and oxygen atoms in total. The molecule has 1 aliphatic heterocycles. The van der Waals surface area contributed by atoms with E-state index in [1.54, 1.807) is 6.07 Å². The van der Waals surface area contributed by atoms with Gasteiger partial charge in [-0.15, -0.1) is 0 Å². The van der Waals surface area contributed by atoms with Crippen molar-refractivity contribution >= 4 is 10.4 Å². The van der Waals surface area contributed by atoms with Crippen LogP contribution in [0.25, 0.3) is 0 Å². The third kappa shape index (κ3) is 3.06. The molecule has 1 heterocycles. The van der Waals surface area contributed by atoms with Crippen molar-refractivity contribution in [1.82, 2.24) is 4.31 Å². The van der Waals surface area contributed by atoms with Crippen LogP contribution in [-0.4, -0.2) is 47.1 Å². The molecule has 118 valence electrons. The number of methoxy groups -OCH3 is 3. The van der Waals surface area contributed by atoms with Crippen molar-refractivity contribution in [2.24, 2.45) is 0 Å². The van der Waals surface area contributed by atoms with Crippen molar-refractivity contribution in [3.8, 4) is 17.2 Å². The third-order valence-corrected chi connectivity index (χ3v) is 4.56. The predicted octanol–water partition coefficient (Wildman–Crippen LogP) is 1.33. The van der Waals surface area contributed by atoms with Crippen LogP contribution in [0.2, 0.25) is 0 Å². The molecule has 0 unspecified atom stereocenters. The van der Waals surface area contributed by atoms with E-state index < -0.39 is 10.4 Å². The second-order valence-electron chi connectivity index (χ2n) is 4.62. The van der Waals surface area contributed by atoms with E-state index >= 15 is 0 Å². The second kappa shape index (κ2) is 6.07. The summed E-state index contributed by atoms with van der Waals surface area (Å²) in [6.45, 7) is 0.155. The molecule has 0 radical (unpaired) electrons. The Morgan fingerprint density at radius 2 is 1.67 bits per heavy atom. The zero-order valence-corrected chi connectivity index (χ0v) is 13.0. The largest absolute Gasteiger partial charge is 0.493 e. The van der Waals surface area contributed by atoms with Crippen LogP contribution in [0.4, 0.5) is 3.89 Å². The van der Waals surface area contributed by atoms with Crippen LogP contribution in [0.3, 0.4) is 0 Å². The van der Waals surface area contributed by atoms with Gasteiger partial charge in [0.25, 0.3) is 0 Å². The fourth-order valence-electron chi connectivity index (χ4n) is 2.58. The van der Waals surface area contributed by atoms with Gasteiger partial charge in [-0.05, 0) is 24.5 Å². The number of ether oxygens (including phenoxy) is 3. The van der Waals surface area contributed by atoms with Gasteiger partial charge in [-0.3, -0.25) is 0 Å². The van der Waals surface area contributed by atoms with Gasteiger partial charge in [0.1, 0.15) is 0 Å². The minimum Gasteiger partial charge on any atom is -0.493 e. The maximum atomic E-state index is 13.2. The van der Waals surface area contributed by atoms with Gasteiger partial charge < -0.3 is 14.2 Å². The Hall–Kier alpha value is -1.54. The van der Waals surface area contributed by atoms with Gasteiger partial charge in [0.15, 0.2) is 11.5 Å². The van der Waals surface area contributed by atoms with Crippen LogP contribution in [0, 0.1) is 0 Å². The highest BCUT2D eigenvalue weighted by atomic mass is 32.3. The van der Waals surface area contributed by atoms with E-state index in [-0.39, 0.29) is 13.1 Å². The zero-order chi connectivity index (χ0) is 15.6. The summed E-state index contributed by atoms with van der Waals surface area (Å²) >= 11 is 0. The Morgan fingerprint density at radius 1 is 1.05 bits per heavy atom. The molecule has 0 saturated heterocycles. The van der Waals surface area contributed by atoms with Crippen LogP contribution in [0.5, 0.6) is 17.2 Å². The molecule has 0 N–H and O–H groups in total. The van der Waals surface area contributed by atoms with Gasteiger partial charge in [0.05, 0.1) is 21.3 Å². The number of benzene rings is 1. The van der Waals surface area contributed by atoms with Gasteiger partial charge in [-0.25, -0.2) is 0 Å². The molecular formula is C13H18FNO5S. The lowest BCUT2D eigenvalue weighted by atomic mass is 10.0. The van der Waals surface area contributed by atoms with E-state index in [0.29, 0.717) is 30.1 Å². The Kier molecular flexibility index (Phi) is 4.58. The summed E-state index contributed by atoms with van der Waals surface area (Å²) < 4.78 is 52.1. The minimum absolute atomic E-state index is 0.0671. The average Bonchev–Trinajstić information content (AvgIpc) is 2.66. The summed E-state index contributed by atoms with van der Waals surface area (Å²) in [5.41, 5.74) is 1.69. The van der Waals surface area contributed by atoms with Crippen LogP contribution in [-0.2, 0) is 23.3 Å². The first-order valence-electron chi connectivity index (χ1n) is 6.42. The highest BCUT2D eigenvalue weighted by molar-refractivity contribution is 7.83. The van der Waals surface area contributed by atoms with Gasteiger partial charge >= 0.3 is 10.4 Å². The molecule has 21 heavy (non-hydrogen) atoms. The molecule has 8 heteroatoms. The highest BCUT2D eigenvalue weighted by Crippen LogP contribution is 2.43. The fraction of sp³-hybridized carbons (Fsp3) is 0.538. The summed E-state index contributed by atoms with van der Waals surface area (Å²) in [5.74, 6) is 1.46. The predicted molar refractivity (Wildman–Crippen MR) is 75.1 cm³/mol. The molecule has 0 aliphatic carbocycles. The first kappa shape index (κ1) is 15.8. The molecule has 0 spiro atoms. The van der Waals surface area contributed by atoms with Crippen LogP contribution in [0.15, 0.2) is 6.07 Å². The fourth-order valence-corrected chi connectivity index (χ4v) is 3.19. The number of halogens is 1. The van der Waals surface area contributed by atoms with Gasteiger partial charge in [-0.1, -0.05) is 3.89 Å². The summed E-state index contributed by atoms with van der Waals surface area (Å²) in [4.78, 5) is 0. The second-order valence-corrected chi connectivity index (χ2v) is 5.96. The van der Waals surface area contributed by atoms with Crippen molar-refractivity contribution in [2.75, 3.05) is 34.4 Å². The zero-order valence-electron chi connectivity index (χ0n) is 12.2. The summed E-state index contributed by atoms with van der Waals surface area (Å²) in [6.07, 6.45) is 0.733. The Bertz CT molecular complexity index is 632. The minimum atomic E-state index is -4.69. The standard InChI is InChI=1S/C13H18FNO5S/c1-18-11-8-9-4-6-15(21(14,16)17)7-5-10(9)12(19-2)13(11)20-3/h8H,4-7H2,1-3H3. The summed E-state index contributed by atoms with van der Waals surface area (Å²) in [6, 6.07) is 1.78. The number of nitrogens with zero attached hydrogens (tertiary/aromatic N) is 1. The third-order valence-electron chi connectivity index (χ3n) is 3.58. The molecule has 1 aliphatic rings. The number of hydrogen-bond donors (Lipinski definition) is 0. The molecule has 0 bridgehead atoms. The quantitative estimate of drug-likeness (QED) is 0.783. The molecule has 0 aromatic heterocycles. The maximum absolute atomic E-state index is 13.2. The first-order chi connectivity index (χ1) is 9.92. The summed E-state index contributed by atoms with van der Waals surface area (Å²) in [7, 11) is -0.167.